The minimum atomic E-state index is -0.538. The lowest BCUT2D eigenvalue weighted by molar-refractivity contribution is 0.188. The summed E-state index contributed by atoms with van der Waals surface area (Å²) in [4.78, 5) is 6.18. The molecule has 0 radical (unpaired) electrons. The maximum atomic E-state index is 14.0. The van der Waals surface area contributed by atoms with Crippen LogP contribution in [0.3, 0.4) is 0 Å². The molecular weight excluding hydrogens is 518 g/mol. The first kappa shape index (κ1) is 24.9. The third-order valence-corrected chi connectivity index (χ3v) is 5.13. The molecule has 1 fully saturated rings. The average Bonchev–Trinajstić information content (AvgIpc) is 2.75. The third kappa shape index (κ3) is 6.83. The van der Waals surface area contributed by atoms with E-state index in [0.717, 1.165) is 19.4 Å². The van der Waals surface area contributed by atoms with Gasteiger partial charge in [0.25, 0.3) is 0 Å². The zero-order valence-electron chi connectivity index (χ0n) is 17.2. The van der Waals surface area contributed by atoms with Crippen molar-refractivity contribution in [2.24, 2.45) is 4.99 Å². The topological polar surface area (TPSA) is 63.5 Å². The molecule has 1 atom stereocenters. The number of rotatable bonds is 5. The van der Waals surface area contributed by atoms with E-state index in [2.05, 4.69) is 15.6 Å². The van der Waals surface area contributed by atoms with Crippen molar-refractivity contribution in [1.82, 2.24) is 15.5 Å². The van der Waals surface area contributed by atoms with E-state index in [9.17, 15) is 13.2 Å². The highest BCUT2D eigenvalue weighted by Crippen LogP contribution is 2.18. The van der Waals surface area contributed by atoms with Crippen molar-refractivity contribution in [3.63, 3.8) is 0 Å². The third-order valence-electron chi connectivity index (χ3n) is 5.13. The van der Waals surface area contributed by atoms with Gasteiger partial charge in [0.15, 0.2) is 5.96 Å². The summed E-state index contributed by atoms with van der Waals surface area (Å²) < 4.78 is 41.9. The predicted molar refractivity (Wildman–Crippen MR) is 125 cm³/mol. The lowest BCUT2D eigenvalue weighted by atomic mass is 10.0. The Hall–Kier alpha value is -2.32. The van der Waals surface area contributed by atoms with Gasteiger partial charge >= 0.3 is 0 Å². The predicted octanol–water partition coefficient (Wildman–Crippen LogP) is 3.92. The summed E-state index contributed by atoms with van der Waals surface area (Å²) in [6.45, 7) is 1.74. The quantitative estimate of drug-likeness (QED) is 0.341. The highest BCUT2D eigenvalue weighted by atomic mass is 127. The smallest absolute Gasteiger partial charge is 0.191 e. The molecule has 0 bridgehead atoms. The number of benzene rings is 2. The number of nitrogens with one attached hydrogen (secondary N) is 2. The van der Waals surface area contributed by atoms with Gasteiger partial charge in [0.2, 0.25) is 0 Å². The second-order valence-corrected chi connectivity index (χ2v) is 7.26. The van der Waals surface area contributed by atoms with Gasteiger partial charge in [-0.1, -0.05) is 6.07 Å². The van der Waals surface area contributed by atoms with E-state index >= 15 is 0 Å². The summed E-state index contributed by atoms with van der Waals surface area (Å²) in [5, 5.41) is 15.3. The van der Waals surface area contributed by atoms with Gasteiger partial charge in [0.05, 0.1) is 11.6 Å². The van der Waals surface area contributed by atoms with Crippen molar-refractivity contribution >= 4 is 29.9 Å². The molecule has 2 aromatic carbocycles. The van der Waals surface area contributed by atoms with Crippen LogP contribution in [-0.2, 0) is 13.1 Å². The Morgan fingerprint density at radius 3 is 2.61 bits per heavy atom. The molecule has 5 nitrogen and oxygen atoms in total. The van der Waals surface area contributed by atoms with Crippen LogP contribution < -0.4 is 10.6 Å². The first-order valence-corrected chi connectivity index (χ1v) is 9.81. The van der Waals surface area contributed by atoms with Crippen LogP contribution in [0.4, 0.5) is 13.2 Å². The van der Waals surface area contributed by atoms with Gasteiger partial charge in [0.1, 0.15) is 17.5 Å². The van der Waals surface area contributed by atoms with Gasteiger partial charge in [0, 0.05) is 43.9 Å². The fourth-order valence-corrected chi connectivity index (χ4v) is 3.57. The van der Waals surface area contributed by atoms with E-state index in [-0.39, 0.29) is 48.7 Å². The van der Waals surface area contributed by atoms with Crippen LogP contribution in [0.15, 0.2) is 41.4 Å². The van der Waals surface area contributed by atoms with Gasteiger partial charge < -0.3 is 10.6 Å². The SMILES string of the molecule is CN=C(NCc1cc(C#N)ccc1F)NC1CCCN(Cc2c(F)cccc2F)C1.I. The molecule has 9 heteroatoms. The van der Waals surface area contributed by atoms with Crippen molar-refractivity contribution in [3.8, 4) is 6.07 Å². The summed E-state index contributed by atoms with van der Waals surface area (Å²) in [7, 11) is 1.62. The summed E-state index contributed by atoms with van der Waals surface area (Å²) >= 11 is 0. The highest BCUT2D eigenvalue weighted by Gasteiger charge is 2.22. The highest BCUT2D eigenvalue weighted by molar-refractivity contribution is 14.0. The van der Waals surface area contributed by atoms with E-state index in [0.29, 0.717) is 23.6 Å². The number of guanidine groups is 1. The van der Waals surface area contributed by atoms with Gasteiger partial charge in [-0.3, -0.25) is 9.89 Å². The molecule has 1 heterocycles. The van der Waals surface area contributed by atoms with Crippen LogP contribution in [0.1, 0.15) is 29.5 Å². The van der Waals surface area contributed by atoms with Crippen molar-refractivity contribution in [2.45, 2.75) is 32.0 Å². The van der Waals surface area contributed by atoms with E-state index in [1.807, 2.05) is 11.0 Å². The minimum absolute atomic E-state index is 0. The minimum Gasteiger partial charge on any atom is -0.352 e. The van der Waals surface area contributed by atoms with E-state index in [1.54, 1.807) is 7.05 Å². The first-order valence-electron chi connectivity index (χ1n) is 9.81. The van der Waals surface area contributed by atoms with Crippen LogP contribution in [0, 0.1) is 28.8 Å². The van der Waals surface area contributed by atoms with Crippen LogP contribution >= 0.6 is 24.0 Å². The van der Waals surface area contributed by atoms with Gasteiger partial charge in [-0.25, -0.2) is 13.2 Å². The molecule has 2 aromatic rings. The summed E-state index contributed by atoms with van der Waals surface area (Å²) in [6, 6.07) is 10.1. The summed E-state index contributed by atoms with van der Waals surface area (Å²) in [5.41, 5.74) is 0.838. The molecule has 2 N–H and O–H groups in total. The Bertz CT molecular complexity index is 940. The molecule has 0 aliphatic carbocycles. The zero-order valence-corrected chi connectivity index (χ0v) is 19.5. The Labute approximate surface area is 197 Å². The molecule has 0 saturated carbocycles. The summed E-state index contributed by atoms with van der Waals surface area (Å²) in [5.74, 6) is -0.971. The number of likely N-dealkylation sites (tertiary alicyclic amines) is 1. The van der Waals surface area contributed by atoms with Gasteiger partial charge in [-0.2, -0.15) is 5.26 Å². The molecule has 0 amide bonds. The van der Waals surface area contributed by atoms with Crippen molar-refractivity contribution in [3.05, 3.63) is 70.5 Å². The second kappa shape index (κ2) is 11.9. The van der Waals surface area contributed by atoms with Crippen LogP contribution in [0.25, 0.3) is 0 Å². The maximum absolute atomic E-state index is 14.0. The molecule has 1 saturated heterocycles. The molecule has 1 unspecified atom stereocenters. The van der Waals surface area contributed by atoms with Crippen molar-refractivity contribution in [2.75, 3.05) is 20.1 Å². The standard InChI is InChI=1S/C22H24F3N5.HI/c1-27-22(28-12-16-10-15(11-26)7-8-19(16)23)29-17-4-3-9-30(13-17)14-18-20(24)5-2-6-21(18)25;/h2,5-8,10,17H,3-4,9,12-14H2,1H3,(H2,27,28,29);1H. The summed E-state index contributed by atoms with van der Waals surface area (Å²) in [6.07, 6.45) is 1.76. The average molecular weight is 543 g/mol. The van der Waals surface area contributed by atoms with Crippen molar-refractivity contribution in [1.29, 1.82) is 5.26 Å². The Balaban J connectivity index is 0.00000341. The number of aliphatic imine (C=N–C) groups is 1. The fourth-order valence-electron chi connectivity index (χ4n) is 3.57. The molecule has 1 aliphatic rings. The van der Waals surface area contributed by atoms with Crippen molar-refractivity contribution < 1.29 is 13.2 Å². The number of piperidine rings is 1. The fraction of sp³-hybridized carbons (Fsp3) is 0.364. The van der Waals surface area contributed by atoms with E-state index in [1.165, 1.54) is 36.4 Å². The zero-order chi connectivity index (χ0) is 21.5. The van der Waals surface area contributed by atoms with E-state index < -0.39 is 17.5 Å². The second-order valence-electron chi connectivity index (χ2n) is 7.26. The number of nitriles is 1. The number of hydrogen-bond donors (Lipinski definition) is 2. The molecule has 166 valence electrons. The molecular formula is C22H25F3IN5. The van der Waals surface area contributed by atoms with Gasteiger partial charge in [-0.05, 0) is 49.7 Å². The molecule has 1 aliphatic heterocycles. The number of hydrogen-bond acceptors (Lipinski definition) is 3. The molecule has 3 rings (SSSR count). The van der Waals surface area contributed by atoms with E-state index in [4.69, 9.17) is 5.26 Å². The van der Waals surface area contributed by atoms with Crippen LogP contribution in [0.5, 0.6) is 0 Å². The van der Waals surface area contributed by atoms with Crippen LogP contribution in [-0.4, -0.2) is 37.0 Å². The monoisotopic (exact) mass is 543 g/mol. The lowest BCUT2D eigenvalue weighted by Crippen LogP contribution is -2.50. The Morgan fingerprint density at radius 2 is 1.94 bits per heavy atom. The Morgan fingerprint density at radius 1 is 1.19 bits per heavy atom. The molecule has 0 aromatic heterocycles. The largest absolute Gasteiger partial charge is 0.352 e. The maximum Gasteiger partial charge on any atom is 0.191 e. The molecule has 0 spiro atoms. The number of halogens is 4. The number of nitrogens with zero attached hydrogens (tertiary/aromatic N) is 3. The van der Waals surface area contributed by atoms with Gasteiger partial charge in [-0.15, -0.1) is 24.0 Å². The first-order chi connectivity index (χ1) is 14.5. The normalized spacial score (nSPS) is 16.9. The molecule has 31 heavy (non-hydrogen) atoms. The lowest BCUT2D eigenvalue weighted by Gasteiger charge is -2.34. The Kier molecular flexibility index (Phi) is 9.58. The van der Waals surface area contributed by atoms with Crippen LogP contribution in [0.2, 0.25) is 0 Å².